The second-order valence-corrected chi connectivity index (χ2v) is 4.88. The van der Waals surface area contributed by atoms with Crippen LogP contribution in [0.4, 0.5) is 5.69 Å². The van der Waals surface area contributed by atoms with Gasteiger partial charge in [0.05, 0.1) is 0 Å². The van der Waals surface area contributed by atoms with Gasteiger partial charge in [-0.1, -0.05) is 31.0 Å². The van der Waals surface area contributed by atoms with Crippen molar-refractivity contribution in [3.8, 4) is 0 Å². The molecule has 1 fully saturated rings. The SMILES string of the molecule is CN(CC1(C=O)CCCC1)c1ccccc1. The van der Waals surface area contributed by atoms with E-state index in [4.69, 9.17) is 0 Å². The van der Waals surface area contributed by atoms with Gasteiger partial charge in [-0.2, -0.15) is 0 Å². The highest BCUT2D eigenvalue weighted by atomic mass is 16.1. The number of nitrogens with zero attached hydrogens (tertiary/aromatic N) is 1. The average Bonchev–Trinajstić information content (AvgIpc) is 2.79. The van der Waals surface area contributed by atoms with Gasteiger partial charge in [-0.15, -0.1) is 0 Å². The summed E-state index contributed by atoms with van der Waals surface area (Å²) < 4.78 is 0. The van der Waals surface area contributed by atoms with E-state index in [-0.39, 0.29) is 5.41 Å². The molecule has 0 unspecified atom stereocenters. The van der Waals surface area contributed by atoms with E-state index in [0.717, 1.165) is 19.4 Å². The van der Waals surface area contributed by atoms with Crippen molar-refractivity contribution in [2.45, 2.75) is 25.7 Å². The largest absolute Gasteiger partial charge is 0.374 e. The van der Waals surface area contributed by atoms with E-state index in [0.29, 0.717) is 0 Å². The Hall–Kier alpha value is -1.31. The molecular weight excluding hydrogens is 198 g/mol. The first kappa shape index (κ1) is 11.2. The molecule has 0 aromatic heterocycles. The van der Waals surface area contributed by atoms with Gasteiger partial charge in [0.25, 0.3) is 0 Å². The highest BCUT2D eigenvalue weighted by Gasteiger charge is 2.34. The number of hydrogen-bond donors (Lipinski definition) is 0. The summed E-state index contributed by atoms with van der Waals surface area (Å²) in [4.78, 5) is 13.5. The topological polar surface area (TPSA) is 20.3 Å². The number of carbonyl (C=O) groups is 1. The van der Waals surface area contributed by atoms with E-state index < -0.39 is 0 Å². The molecular formula is C14H19NO. The Labute approximate surface area is 97.3 Å². The lowest BCUT2D eigenvalue weighted by Gasteiger charge is -2.29. The van der Waals surface area contributed by atoms with Crippen molar-refractivity contribution < 1.29 is 4.79 Å². The fourth-order valence-corrected chi connectivity index (χ4v) is 2.64. The van der Waals surface area contributed by atoms with Crippen LogP contribution in [0.5, 0.6) is 0 Å². The number of carbonyl (C=O) groups excluding carboxylic acids is 1. The second-order valence-electron chi connectivity index (χ2n) is 4.88. The van der Waals surface area contributed by atoms with Gasteiger partial charge in [0.2, 0.25) is 0 Å². The van der Waals surface area contributed by atoms with Crippen LogP contribution < -0.4 is 4.90 Å². The predicted octanol–water partition coefficient (Wildman–Crippen LogP) is 2.88. The molecule has 2 nitrogen and oxygen atoms in total. The van der Waals surface area contributed by atoms with Gasteiger partial charge < -0.3 is 9.69 Å². The monoisotopic (exact) mass is 217 g/mol. The summed E-state index contributed by atoms with van der Waals surface area (Å²) in [5.41, 5.74) is 1.10. The molecule has 1 aromatic carbocycles. The van der Waals surface area contributed by atoms with E-state index in [1.165, 1.54) is 24.8 Å². The standard InChI is InChI=1S/C14H19NO/c1-15(13-7-3-2-4-8-13)11-14(12-16)9-5-6-10-14/h2-4,7-8,12H,5-6,9-11H2,1H3. The fourth-order valence-electron chi connectivity index (χ4n) is 2.64. The Balaban J connectivity index is 2.06. The van der Waals surface area contributed by atoms with Gasteiger partial charge in [0.1, 0.15) is 6.29 Å². The minimum absolute atomic E-state index is 0.0927. The van der Waals surface area contributed by atoms with Crippen LogP contribution in [0, 0.1) is 5.41 Å². The van der Waals surface area contributed by atoms with Crippen molar-refractivity contribution in [3.63, 3.8) is 0 Å². The molecule has 1 aliphatic rings. The van der Waals surface area contributed by atoms with Gasteiger partial charge >= 0.3 is 0 Å². The summed E-state index contributed by atoms with van der Waals surface area (Å²) in [6.07, 6.45) is 5.67. The Bertz CT molecular complexity index is 341. The normalized spacial score (nSPS) is 18.3. The quantitative estimate of drug-likeness (QED) is 0.723. The summed E-state index contributed by atoms with van der Waals surface area (Å²) >= 11 is 0. The Morgan fingerprint density at radius 2 is 1.88 bits per heavy atom. The van der Waals surface area contributed by atoms with Gasteiger partial charge in [0, 0.05) is 24.7 Å². The lowest BCUT2D eigenvalue weighted by atomic mass is 9.87. The van der Waals surface area contributed by atoms with Crippen LogP contribution in [-0.4, -0.2) is 19.9 Å². The van der Waals surface area contributed by atoms with Crippen LogP contribution in [0.25, 0.3) is 0 Å². The number of rotatable bonds is 4. The summed E-state index contributed by atoms with van der Waals surface area (Å²) in [5, 5.41) is 0. The molecule has 0 amide bonds. The molecule has 0 atom stereocenters. The first-order valence-electron chi connectivity index (χ1n) is 5.98. The molecule has 16 heavy (non-hydrogen) atoms. The number of para-hydroxylation sites is 1. The highest BCUT2D eigenvalue weighted by molar-refractivity contribution is 5.62. The van der Waals surface area contributed by atoms with Gasteiger partial charge in [-0.25, -0.2) is 0 Å². The zero-order valence-electron chi connectivity index (χ0n) is 9.86. The van der Waals surface area contributed by atoms with E-state index in [2.05, 4.69) is 24.1 Å². The van der Waals surface area contributed by atoms with Crippen LogP contribution in [-0.2, 0) is 4.79 Å². The number of aldehydes is 1. The molecule has 1 aromatic rings. The maximum absolute atomic E-state index is 11.3. The molecule has 2 heteroatoms. The van der Waals surface area contributed by atoms with Gasteiger partial charge in [0.15, 0.2) is 0 Å². The maximum Gasteiger partial charge on any atom is 0.127 e. The highest BCUT2D eigenvalue weighted by Crippen LogP contribution is 2.37. The average molecular weight is 217 g/mol. The van der Waals surface area contributed by atoms with Crippen LogP contribution in [0.3, 0.4) is 0 Å². The lowest BCUT2D eigenvalue weighted by molar-refractivity contribution is -0.115. The summed E-state index contributed by atoms with van der Waals surface area (Å²) in [5.74, 6) is 0. The second kappa shape index (κ2) is 4.69. The van der Waals surface area contributed by atoms with Crippen molar-refractivity contribution in [1.82, 2.24) is 0 Å². The smallest absolute Gasteiger partial charge is 0.127 e. The molecule has 0 bridgehead atoms. The predicted molar refractivity (Wildman–Crippen MR) is 66.7 cm³/mol. The van der Waals surface area contributed by atoms with Crippen molar-refractivity contribution in [1.29, 1.82) is 0 Å². The minimum Gasteiger partial charge on any atom is -0.374 e. The van der Waals surface area contributed by atoms with E-state index >= 15 is 0 Å². The van der Waals surface area contributed by atoms with Gasteiger partial charge in [-0.3, -0.25) is 0 Å². The third-order valence-electron chi connectivity index (χ3n) is 3.60. The van der Waals surface area contributed by atoms with Gasteiger partial charge in [-0.05, 0) is 25.0 Å². The number of hydrogen-bond acceptors (Lipinski definition) is 2. The fraction of sp³-hybridized carbons (Fsp3) is 0.500. The maximum atomic E-state index is 11.3. The van der Waals surface area contributed by atoms with E-state index in [9.17, 15) is 4.79 Å². The summed E-state index contributed by atoms with van der Waals surface area (Å²) in [6, 6.07) is 10.3. The van der Waals surface area contributed by atoms with Crippen molar-refractivity contribution >= 4 is 12.0 Å². The third-order valence-corrected chi connectivity index (χ3v) is 3.60. The first-order valence-corrected chi connectivity index (χ1v) is 5.98. The molecule has 2 rings (SSSR count). The third kappa shape index (κ3) is 2.26. The number of benzene rings is 1. The molecule has 1 aliphatic carbocycles. The van der Waals surface area contributed by atoms with Crippen molar-refractivity contribution in [2.75, 3.05) is 18.5 Å². The van der Waals surface area contributed by atoms with Crippen LogP contribution in [0.1, 0.15) is 25.7 Å². The zero-order valence-corrected chi connectivity index (χ0v) is 9.86. The minimum atomic E-state index is -0.0927. The Morgan fingerprint density at radius 3 is 2.44 bits per heavy atom. The van der Waals surface area contributed by atoms with Crippen LogP contribution in [0.15, 0.2) is 30.3 Å². The molecule has 0 heterocycles. The molecule has 1 saturated carbocycles. The first-order chi connectivity index (χ1) is 7.76. The van der Waals surface area contributed by atoms with Crippen molar-refractivity contribution in [3.05, 3.63) is 30.3 Å². The number of anilines is 1. The van der Waals surface area contributed by atoms with Crippen LogP contribution in [0.2, 0.25) is 0 Å². The lowest BCUT2D eigenvalue weighted by Crippen LogP contribution is -2.34. The molecule has 86 valence electrons. The van der Waals surface area contributed by atoms with E-state index in [1.54, 1.807) is 0 Å². The van der Waals surface area contributed by atoms with Crippen LogP contribution >= 0.6 is 0 Å². The Morgan fingerprint density at radius 1 is 1.25 bits per heavy atom. The van der Waals surface area contributed by atoms with E-state index in [1.807, 2.05) is 18.2 Å². The zero-order chi connectivity index (χ0) is 11.4. The molecule has 0 saturated heterocycles. The summed E-state index contributed by atoms with van der Waals surface area (Å²) in [6.45, 7) is 0.848. The Kier molecular flexibility index (Phi) is 3.28. The molecule has 0 spiro atoms. The molecule has 0 radical (unpaired) electrons. The summed E-state index contributed by atoms with van der Waals surface area (Å²) in [7, 11) is 2.07. The van der Waals surface area contributed by atoms with Crippen molar-refractivity contribution in [2.24, 2.45) is 5.41 Å². The molecule has 0 N–H and O–H groups in total. The molecule has 0 aliphatic heterocycles.